The fraction of sp³-hybridized carbons (Fsp3) is 0.111. The quantitative estimate of drug-likeness (QED) is 0.158. The van der Waals surface area contributed by atoms with E-state index in [0.29, 0.717) is 5.56 Å². The molecule has 0 unspecified atom stereocenters. The van der Waals surface area contributed by atoms with Gasteiger partial charge in [0.25, 0.3) is 5.69 Å². The molecule has 0 atom stereocenters. The number of hydrogen-bond donors (Lipinski definition) is 0. The predicted molar refractivity (Wildman–Crippen MR) is 103 cm³/mol. The van der Waals surface area contributed by atoms with E-state index in [0.717, 1.165) is 32.4 Å². The summed E-state index contributed by atoms with van der Waals surface area (Å²) in [5.74, 6) is -2.09. The smallest absolute Gasteiger partial charge is 0.345 e. The van der Waals surface area contributed by atoms with Gasteiger partial charge in [0.1, 0.15) is 11.3 Å². The second kappa shape index (κ2) is 9.47. The minimum Gasteiger partial charge on any atom is -0.465 e. The zero-order valence-corrected chi connectivity index (χ0v) is 16.2. The van der Waals surface area contributed by atoms with Crippen LogP contribution in [-0.4, -0.2) is 36.0 Å². The molecule has 30 heavy (non-hydrogen) atoms. The first-order valence-electron chi connectivity index (χ1n) is 7.96. The Balaban J connectivity index is 2.40. The molecular weight excluding hydrogens is 424 g/mol. The van der Waals surface area contributed by atoms with Gasteiger partial charge in [-0.25, -0.2) is 9.59 Å². The first kappa shape index (κ1) is 22.3. The molecule has 2 aromatic rings. The molecule has 0 amide bonds. The maximum Gasteiger partial charge on any atom is 0.345 e. The highest BCUT2D eigenvalue weighted by Gasteiger charge is 2.22. The van der Waals surface area contributed by atoms with Crippen LogP contribution in [0.5, 0.6) is 11.5 Å². The number of nitro benzene ring substituents is 2. The van der Waals surface area contributed by atoms with Crippen molar-refractivity contribution in [1.29, 1.82) is 0 Å². The summed E-state index contributed by atoms with van der Waals surface area (Å²) in [6.07, 6.45) is 1.18. The highest BCUT2D eigenvalue weighted by Crippen LogP contribution is 2.37. The van der Waals surface area contributed by atoms with Crippen LogP contribution in [-0.2, 0) is 19.1 Å². The molecule has 0 aliphatic rings. The molecule has 0 aliphatic carbocycles. The number of esters is 2. The van der Waals surface area contributed by atoms with Gasteiger partial charge in [0, 0.05) is 6.07 Å². The SMILES string of the molecule is COC(=O)C(=Cc1ccc(Oc2ccc([N+](=O)[O-])cc2[N+](=O)[O-])c(Cl)c1)C(=O)OC. The Hall–Kier alpha value is -3.99. The maximum absolute atomic E-state index is 11.7. The number of rotatable bonds is 7. The number of nitrogens with zero attached hydrogens (tertiary/aromatic N) is 2. The first-order valence-corrected chi connectivity index (χ1v) is 8.34. The molecule has 0 bridgehead atoms. The highest BCUT2D eigenvalue weighted by molar-refractivity contribution is 6.32. The van der Waals surface area contributed by atoms with Gasteiger partial charge in [-0.05, 0) is 29.8 Å². The lowest BCUT2D eigenvalue weighted by Crippen LogP contribution is -2.15. The van der Waals surface area contributed by atoms with Gasteiger partial charge in [0.15, 0.2) is 0 Å². The van der Waals surface area contributed by atoms with E-state index in [1.54, 1.807) is 0 Å². The van der Waals surface area contributed by atoms with Crippen molar-refractivity contribution >= 4 is 41.0 Å². The standard InChI is InChI=1S/C18H13ClN2O9/c1-28-17(22)12(18(23)29-2)7-10-3-5-15(13(19)8-10)30-16-6-4-11(20(24)25)9-14(16)21(26)27/h3-9H,1-2H3. The van der Waals surface area contributed by atoms with E-state index in [9.17, 15) is 29.8 Å². The van der Waals surface area contributed by atoms with Gasteiger partial charge in [-0.1, -0.05) is 17.7 Å². The molecule has 0 saturated heterocycles. The van der Waals surface area contributed by atoms with Crippen LogP contribution in [0.1, 0.15) is 5.56 Å². The molecule has 0 N–H and O–H groups in total. The Morgan fingerprint density at radius 2 is 1.53 bits per heavy atom. The molecular formula is C18H13ClN2O9. The Morgan fingerprint density at radius 1 is 0.933 bits per heavy atom. The fourth-order valence-electron chi connectivity index (χ4n) is 2.24. The van der Waals surface area contributed by atoms with Crippen molar-refractivity contribution in [3.63, 3.8) is 0 Å². The number of halogens is 1. The second-order valence-corrected chi connectivity index (χ2v) is 5.91. The third kappa shape index (κ3) is 5.08. The molecule has 2 rings (SSSR count). The van der Waals surface area contributed by atoms with E-state index >= 15 is 0 Å². The summed E-state index contributed by atoms with van der Waals surface area (Å²) in [5.41, 5.74) is -1.16. The number of non-ortho nitro benzene ring substituents is 1. The van der Waals surface area contributed by atoms with E-state index < -0.39 is 33.2 Å². The number of carbonyl (C=O) groups is 2. The molecule has 12 heteroatoms. The number of benzene rings is 2. The van der Waals surface area contributed by atoms with Crippen molar-refractivity contribution < 1.29 is 33.6 Å². The van der Waals surface area contributed by atoms with Crippen molar-refractivity contribution in [1.82, 2.24) is 0 Å². The molecule has 11 nitrogen and oxygen atoms in total. The molecule has 0 aromatic heterocycles. The molecule has 0 heterocycles. The summed E-state index contributed by atoms with van der Waals surface area (Å²) >= 11 is 6.14. The van der Waals surface area contributed by atoms with Crippen LogP contribution in [0.4, 0.5) is 11.4 Å². The average molecular weight is 437 g/mol. The number of nitro groups is 2. The summed E-state index contributed by atoms with van der Waals surface area (Å²) in [5, 5.41) is 22.0. The lowest BCUT2D eigenvalue weighted by atomic mass is 10.1. The molecule has 156 valence electrons. The zero-order chi connectivity index (χ0) is 22.4. The van der Waals surface area contributed by atoms with Crippen LogP contribution in [0, 0.1) is 20.2 Å². The van der Waals surface area contributed by atoms with Crippen LogP contribution in [0.25, 0.3) is 6.08 Å². The van der Waals surface area contributed by atoms with Crippen LogP contribution < -0.4 is 4.74 Å². The molecule has 2 aromatic carbocycles. The van der Waals surface area contributed by atoms with Crippen LogP contribution in [0.3, 0.4) is 0 Å². The topological polar surface area (TPSA) is 148 Å². The van der Waals surface area contributed by atoms with Gasteiger partial charge in [0.05, 0.1) is 35.2 Å². The summed E-state index contributed by atoms with van der Waals surface area (Å²) in [4.78, 5) is 43.9. The largest absolute Gasteiger partial charge is 0.465 e. The predicted octanol–water partition coefficient (Wildman–Crippen LogP) is 3.68. The Morgan fingerprint density at radius 3 is 2.03 bits per heavy atom. The van der Waals surface area contributed by atoms with Crippen molar-refractivity contribution in [2.45, 2.75) is 0 Å². The van der Waals surface area contributed by atoms with E-state index in [4.69, 9.17) is 16.3 Å². The summed E-state index contributed by atoms with van der Waals surface area (Å²) in [6, 6.07) is 6.98. The van der Waals surface area contributed by atoms with E-state index in [2.05, 4.69) is 9.47 Å². The number of carbonyl (C=O) groups excluding carboxylic acids is 2. The number of ether oxygens (including phenoxy) is 3. The minimum atomic E-state index is -0.917. The third-order valence-electron chi connectivity index (χ3n) is 3.65. The van der Waals surface area contributed by atoms with Gasteiger partial charge in [0.2, 0.25) is 5.75 Å². The van der Waals surface area contributed by atoms with E-state index in [-0.39, 0.29) is 22.1 Å². The van der Waals surface area contributed by atoms with Crippen molar-refractivity contribution in [3.05, 3.63) is 72.8 Å². The monoisotopic (exact) mass is 436 g/mol. The van der Waals surface area contributed by atoms with Gasteiger partial charge >= 0.3 is 17.6 Å². The average Bonchev–Trinajstić information content (AvgIpc) is 2.72. The lowest BCUT2D eigenvalue weighted by molar-refractivity contribution is -0.394. The van der Waals surface area contributed by atoms with Crippen LogP contribution in [0.2, 0.25) is 5.02 Å². The summed E-state index contributed by atoms with van der Waals surface area (Å²) in [7, 11) is 2.19. The number of hydrogen-bond acceptors (Lipinski definition) is 9. The first-order chi connectivity index (χ1) is 14.2. The van der Waals surface area contributed by atoms with Crippen LogP contribution >= 0.6 is 11.6 Å². The van der Waals surface area contributed by atoms with Gasteiger partial charge in [-0.15, -0.1) is 0 Å². The Bertz CT molecular complexity index is 1050. The van der Waals surface area contributed by atoms with Gasteiger partial charge in [-0.3, -0.25) is 20.2 Å². The van der Waals surface area contributed by atoms with Gasteiger partial charge in [-0.2, -0.15) is 0 Å². The van der Waals surface area contributed by atoms with Gasteiger partial charge < -0.3 is 14.2 Å². The third-order valence-corrected chi connectivity index (χ3v) is 3.94. The van der Waals surface area contributed by atoms with E-state index in [1.165, 1.54) is 24.3 Å². The van der Waals surface area contributed by atoms with Crippen molar-refractivity contribution in [2.75, 3.05) is 14.2 Å². The second-order valence-electron chi connectivity index (χ2n) is 5.50. The Labute approximate surface area is 173 Å². The molecule has 0 aliphatic heterocycles. The number of methoxy groups -OCH3 is 2. The van der Waals surface area contributed by atoms with E-state index in [1.807, 2.05) is 0 Å². The fourth-order valence-corrected chi connectivity index (χ4v) is 2.47. The van der Waals surface area contributed by atoms with Crippen LogP contribution in [0.15, 0.2) is 42.0 Å². The van der Waals surface area contributed by atoms with Crippen molar-refractivity contribution in [3.8, 4) is 11.5 Å². The normalized spacial score (nSPS) is 9.97. The molecule has 0 spiro atoms. The molecule has 0 fully saturated rings. The molecule has 0 saturated carbocycles. The zero-order valence-electron chi connectivity index (χ0n) is 15.5. The molecule has 0 radical (unpaired) electrons. The summed E-state index contributed by atoms with van der Waals surface area (Å²) in [6.45, 7) is 0. The lowest BCUT2D eigenvalue weighted by Gasteiger charge is -2.09. The Kier molecular flexibility index (Phi) is 7.04. The highest BCUT2D eigenvalue weighted by atomic mass is 35.5. The maximum atomic E-state index is 11.7. The minimum absolute atomic E-state index is 0.00320. The van der Waals surface area contributed by atoms with Crippen molar-refractivity contribution in [2.24, 2.45) is 0 Å². The summed E-state index contributed by atoms with van der Waals surface area (Å²) < 4.78 is 14.5.